The van der Waals surface area contributed by atoms with E-state index in [2.05, 4.69) is 9.97 Å². The second kappa shape index (κ2) is 3.06. The lowest BCUT2D eigenvalue weighted by molar-refractivity contribution is 0.516. The number of aromatic amines is 1. The minimum absolute atomic E-state index is 0.0880. The third kappa shape index (κ3) is 1.50. The maximum absolute atomic E-state index is 12.0. The molecule has 3 rings (SSSR count). The summed E-state index contributed by atoms with van der Waals surface area (Å²) in [6.07, 6.45) is 3.60. The first kappa shape index (κ1) is 10.3. The van der Waals surface area contributed by atoms with Crippen molar-refractivity contribution >= 4 is 10.9 Å². The number of nitrogens with one attached hydrogen (secondary N) is 1. The Labute approximate surface area is 97.1 Å². The van der Waals surface area contributed by atoms with Gasteiger partial charge in [0.2, 0.25) is 0 Å². The van der Waals surface area contributed by atoms with Crippen LogP contribution in [0.1, 0.15) is 25.6 Å². The number of hydrogen-bond acceptors (Lipinski definition) is 3. The molecule has 5 heteroatoms. The number of aryl methyl sites for hydroxylation is 1. The summed E-state index contributed by atoms with van der Waals surface area (Å²) >= 11 is 0. The lowest BCUT2D eigenvalue weighted by Crippen LogP contribution is -2.28. The van der Waals surface area contributed by atoms with Crippen molar-refractivity contribution in [2.45, 2.75) is 32.2 Å². The second-order valence-corrected chi connectivity index (χ2v) is 4.93. The minimum atomic E-state index is -0.189. The summed E-state index contributed by atoms with van der Waals surface area (Å²) in [5.41, 5.74) is 0.0834. The Morgan fingerprint density at radius 3 is 2.76 bits per heavy atom. The maximum atomic E-state index is 12.0. The largest absolute Gasteiger partial charge is 0.310 e. The van der Waals surface area contributed by atoms with E-state index in [0.29, 0.717) is 16.7 Å². The van der Waals surface area contributed by atoms with Gasteiger partial charge in [-0.15, -0.1) is 0 Å². The van der Waals surface area contributed by atoms with Crippen LogP contribution in [0.3, 0.4) is 0 Å². The molecular formula is C12H13N3O2. The summed E-state index contributed by atoms with van der Waals surface area (Å²) in [6, 6.07) is 1.45. The van der Waals surface area contributed by atoms with Gasteiger partial charge in [-0.3, -0.25) is 9.59 Å². The topological polar surface area (TPSA) is 67.8 Å². The molecule has 0 radical (unpaired) electrons. The summed E-state index contributed by atoms with van der Waals surface area (Å²) in [5, 5.41) is 0.475. The summed E-state index contributed by atoms with van der Waals surface area (Å²) < 4.78 is 1.65. The fraction of sp³-hybridized carbons (Fsp3) is 0.417. The van der Waals surface area contributed by atoms with Gasteiger partial charge in [-0.05, 0) is 26.7 Å². The molecule has 2 aromatic heterocycles. The maximum Gasteiger partial charge on any atom is 0.260 e. The van der Waals surface area contributed by atoms with Gasteiger partial charge in [-0.25, -0.2) is 4.98 Å². The summed E-state index contributed by atoms with van der Waals surface area (Å²) in [5.74, 6) is 0.525. The zero-order valence-electron chi connectivity index (χ0n) is 9.78. The molecule has 1 saturated carbocycles. The van der Waals surface area contributed by atoms with Crippen LogP contribution in [-0.2, 0) is 5.54 Å². The van der Waals surface area contributed by atoms with Crippen LogP contribution >= 0.6 is 0 Å². The number of H-pyrrole nitrogens is 1. The van der Waals surface area contributed by atoms with Gasteiger partial charge in [0.1, 0.15) is 5.82 Å². The highest BCUT2D eigenvalue weighted by atomic mass is 16.1. The fourth-order valence-electron chi connectivity index (χ4n) is 2.07. The van der Waals surface area contributed by atoms with Crippen molar-refractivity contribution in [3.8, 4) is 0 Å². The van der Waals surface area contributed by atoms with E-state index in [0.717, 1.165) is 12.8 Å². The quantitative estimate of drug-likeness (QED) is 0.793. The van der Waals surface area contributed by atoms with Gasteiger partial charge in [0.15, 0.2) is 0 Å². The van der Waals surface area contributed by atoms with Crippen molar-refractivity contribution in [1.29, 1.82) is 0 Å². The molecule has 1 aliphatic rings. The number of fused-ring (bicyclic) bond motifs is 1. The van der Waals surface area contributed by atoms with E-state index in [-0.39, 0.29) is 16.7 Å². The van der Waals surface area contributed by atoms with Gasteiger partial charge in [-0.1, -0.05) is 0 Å². The number of rotatable bonds is 1. The molecular weight excluding hydrogens is 218 g/mol. The van der Waals surface area contributed by atoms with E-state index in [4.69, 9.17) is 0 Å². The Morgan fingerprint density at radius 2 is 2.12 bits per heavy atom. The number of aromatic nitrogens is 3. The molecule has 1 aliphatic carbocycles. The molecule has 0 aromatic carbocycles. The Kier molecular flexibility index (Phi) is 1.85. The predicted molar refractivity (Wildman–Crippen MR) is 64.2 cm³/mol. The Balaban J connectivity index is 2.39. The van der Waals surface area contributed by atoms with Crippen molar-refractivity contribution in [2.24, 2.45) is 0 Å². The standard InChI is InChI=1S/C12H13N3O2/c1-7-13-9-5-10(16)15(12(2)3-4-12)6-8(9)11(17)14-7/h5-6H,3-4H2,1-2H3,(H,13,14,17). The lowest BCUT2D eigenvalue weighted by atomic mass is 10.2. The molecule has 0 unspecified atom stereocenters. The average Bonchev–Trinajstić information content (AvgIpc) is 2.95. The SMILES string of the molecule is Cc1nc2cc(=O)n(C3(C)CC3)cc2c(=O)[nH]1. The van der Waals surface area contributed by atoms with E-state index in [1.807, 2.05) is 6.92 Å². The Bertz CT molecular complexity index is 723. The average molecular weight is 231 g/mol. The third-order valence-electron chi connectivity index (χ3n) is 3.41. The molecule has 0 amide bonds. The molecule has 5 nitrogen and oxygen atoms in total. The van der Waals surface area contributed by atoms with Gasteiger partial charge < -0.3 is 9.55 Å². The minimum Gasteiger partial charge on any atom is -0.310 e. The molecule has 0 aliphatic heterocycles. The Morgan fingerprint density at radius 1 is 1.41 bits per heavy atom. The zero-order valence-corrected chi connectivity index (χ0v) is 9.78. The third-order valence-corrected chi connectivity index (χ3v) is 3.41. The van der Waals surface area contributed by atoms with E-state index in [9.17, 15) is 9.59 Å². The van der Waals surface area contributed by atoms with E-state index < -0.39 is 0 Å². The van der Waals surface area contributed by atoms with Crippen LogP contribution in [0.5, 0.6) is 0 Å². The van der Waals surface area contributed by atoms with Crippen molar-refractivity contribution in [3.63, 3.8) is 0 Å². The van der Waals surface area contributed by atoms with Crippen molar-refractivity contribution < 1.29 is 0 Å². The highest BCUT2D eigenvalue weighted by molar-refractivity contribution is 5.76. The molecule has 88 valence electrons. The summed E-state index contributed by atoms with van der Waals surface area (Å²) in [4.78, 5) is 30.6. The van der Waals surface area contributed by atoms with Gasteiger partial charge in [-0.2, -0.15) is 0 Å². The van der Waals surface area contributed by atoms with Crippen LogP contribution in [-0.4, -0.2) is 14.5 Å². The first-order chi connectivity index (χ1) is 7.99. The van der Waals surface area contributed by atoms with Crippen LogP contribution in [0.25, 0.3) is 10.9 Å². The van der Waals surface area contributed by atoms with Gasteiger partial charge in [0, 0.05) is 17.8 Å². The smallest absolute Gasteiger partial charge is 0.260 e. The van der Waals surface area contributed by atoms with E-state index in [1.165, 1.54) is 6.07 Å². The van der Waals surface area contributed by atoms with Gasteiger partial charge >= 0.3 is 0 Å². The zero-order chi connectivity index (χ0) is 12.2. The number of nitrogens with zero attached hydrogens (tertiary/aromatic N) is 2. The lowest BCUT2D eigenvalue weighted by Gasteiger charge is -2.13. The monoisotopic (exact) mass is 231 g/mol. The number of hydrogen-bond donors (Lipinski definition) is 1. The molecule has 1 N–H and O–H groups in total. The Hall–Kier alpha value is -1.91. The van der Waals surface area contributed by atoms with Crippen LogP contribution in [0, 0.1) is 6.92 Å². The van der Waals surface area contributed by atoms with Crippen molar-refractivity contribution in [1.82, 2.24) is 14.5 Å². The molecule has 2 aromatic rings. The number of pyridine rings is 1. The highest BCUT2D eigenvalue weighted by Gasteiger charge is 2.40. The van der Waals surface area contributed by atoms with E-state index in [1.54, 1.807) is 17.7 Å². The summed E-state index contributed by atoms with van der Waals surface area (Å²) in [7, 11) is 0. The van der Waals surface area contributed by atoms with Gasteiger partial charge in [0.05, 0.1) is 10.9 Å². The van der Waals surface area contributed by atoms with Gasteiger partial charge in [0.25, 0.3) is 11.1 Å². The highest BCUT2D eigenvalue weighted by Crippen LogP contribution is 2.41. The van der Waals surface area contributed by atoms with Crippen molar-refractivity contribution in [3.05, 3.63) is 38.8 Å². The first-order valence-corrected chi connectivity index (χ1v) is 5.63. The van der Waals surface area contributed by atoms with Crippen LogP contribution in [0.2, 0.25) is 0 Å². The molecule has 2 heterocycles. The molecule has 0 bridgehead atoms. The molecule has 1 fully saturated rings. The molecule has 17 heavy (non-hydrogen) atoms. The first-order valence-electron chi connectivity index (χ1n) is 5.63. The molecule has 0 atom stereocenters. The predicted octanol–water partition coefficient (Wildman–Crippen LogP) is 0.902. The van der Waals surface area contributed by atoms with Crippen molar-refractivity contribution in [2.75, 3.05) is 0 Å². The normalized spacial score (nSPS) is 17.3. The second-order valence-electron chi connectivity index (χ2n) is 4.93. The fourth-order valence-corrected chi connectivity index (χ4v) is 2.07. The van der Waals surface area contributed by atoms with Crippen LogP contribution in [0.4, 0.5) is 0 Å². The van der Waals surface area contributed by atoms with Crippen LogP contribution < -0.4 is 11.1 Å². The molecule has 0 spiro atoms. The van der Waals surface area contributed by atoms with E-state index >= 15 is 0 Å². The summed E-state index contributed by atoms with van der Waals surface area (Å²) in [6.45, 7) is 3.73. The van der Waals surface area contributed by atoms with Crippen LogP contribution in [0.15, 0.2) is 21.9 Å². The molecule has 0 saturated heterocycles.